The molecule has 0 aromatic carbocycles. The molecule has 126 valence electrons. The fourth-order valence-electron chi connectivity index (χ4n) is 2.38. The minimum Gasteiger partial charge on any atom is -0.481 e. The van der Waals surface area contributed by atoms with Gasteiger partial charge >= 0.3 is 5.97 Å². The van der Waals surface area contributed by atoms with Gasteiger partial charge in [0, 0.05) is 37.1 Å². The van der Waals surface area contributed by atoms with Gasteiger partial charge in [0.15, 0.2) is 9.50 Å². The van der Waals surface area contributed by atoms with Crippen LogP contribution >= 0.6 is 22.9 Å². The second kappa shape index (κ2) is 8.06. The standard InChI is InChI=1S/C12H16ClN5O4S/c13-11-14-7-9(23-11)8-17-6-2-5-16(4-1-3-10(19)20)12(17)15-18(21)22/h7H,1-6,8H2,(H,19,20). The molecule has 0 spiro atoms. The fraction of sp³-hybridized carbons (Fsp3) is 0.583. The molecule has 1 aliphatic rings. The number of aliphatic carboxylic acids is 1. The molecule has 0 saturated carbocycles. The van der Waals surface area contributed by atoms with Crippen LogP contribution in [0.3, 0.4) is 0 Å². The Kier molecular flexibility index (Phi) is 6.11. The Bertz CT molecular complexity index is 608. The third-order valence-corrected chi connectivity index (χ3v) is 4.38. The van der Waals surface area contributed by atoms with Crippen molar-refractivity contribution in [3.05, 3.63) is 25.7 Å². The van der Waals surface area contributed by atoms with Crippen molar-refractivity contribution in [2.45, 2.75) is 25.8 Å². The first kappa shape index (κ1) is 17.4. The molecule has 1 fully saturated rings. The van der Waals surface area contributed by atoms with Crippen molar-refractivity contribution < 1.29 is 14.9 Å². The zero-order valence-corrected chi connectivity index (χ0v) is 13.8. The zero-order chi connectivity index (χ0) is 16.8. The van der Waals surface area contributed by atoms with Crippen molar-refractivity contribution in [2.75, 3.05) is 19.6 Å². The van der Waals surface area contributed by atoms with Gasteiger partial charge in [-0.2, -0.15) is 0 Å². The van der Waals surface area contributed by atoms with E-state index >= 15 is 0 Å². The lowest BCUT2D eigenvalue weighted by molar-refractivity contribution is -0.486. The highest BCUT2D eigenvalue weighted by molar-refractivity contribution is 7.15. The van der Waals surface area contributed by atoms with Crippen molar-refractivity contribution in [1.82, 2.24) is 14.8 Å². The summed E-state index contributed by atoms with van der Waals surface area (Å²) >= 11 is 7.13. The van der Waals surface area contributed by atoms with Crippen molar-refractivity contribution >= 4 is 34.9 Å². The van der Waals surface area contributed by atoms with Gasteiger partial charge in [0.25, 0.3) is 5.96 Å². The number of nitrogens with zero attached hydrogens (tertiary/aromatic N) is 5. The van der Waals surface area contributed by atoms with Crippen LogP contribution in [0, 0.1) is 10.1 Å². The number of carboxylic acids is 1. The maximum absolute atomic E-state index is 10.8. The number of hydrogen-bond acceptors (Lipinski definition) is 5. The van der Waals surface area contributed by atoms with Gasteiger partial charge in [-0.3, -0.25) is 4.79 Å². The largest absolute Gasteiger partial charge is 0.481 e. The molecule has 0 amide bonds. The number of hydrazone groups is 1. The van der Waals surface area contributed by atoms with E-state index in [1.807, 2.05) is 0 Å². The first-order valence-electron chi connectivity index (χ1n) is 7.00. The molecule has 2 rings (SSSR count). The van der Waals surface area contributed by atoms with E-state index in [1.165, 1.54) is 11.3 Å². The van der Waals surface area contributed by atoms with Gasteiger partial charge in [-0.05, 0) is 12.8 Å². The Hall–Kier alpha value is -1.94. The molecule has 1 N–H and O–H groups in total. The van der Waals surface area contributed by atoms with Gasteiger partial charge < -0.3 is 14.9 Å². The van der Waals surface area contributed by atoms with Crippen LogP contribution in [0.4, 0.5) is 0 Å². The Morgan fingerprint density at radius 3 is 2.87 bits per heavy atom. The summed E-state index contributed by atoms with van der Waals surface area (Å²) in [5.41, 5.74) is 0. The van der Waals surface area contributed by atoms with Gasteiger partial charge in [-0.1, -0.05) is 11.6 Å². The Balaban J connectivity index is 2.09. The molecule has 1 aromatic heterocycles. The second-order valence-corrected chi connectivity index (χ2v) is 6.67. The molecule has 9 nitrogen and oxygen atoms in total. The third kappa shape index (κ3) is 5.32. The summed E-state index contributed by atoms with van der Waals surface area (Å²) < 4.78 is 0.420. The van der Waals surface area contributed by atoms with E-state index in [4.69, 9.17) is 16.7 Å². The van der Waals surface area contributed by atoms with Crippen LogP contribution in [0.15, 0.2) is 11.3 Å². The highest BCUT2D eigenvalue weighted by Gasteiger charge is 2.27. The van der Waals surface area contributed by atoms with Gasteiger partial charge in [0.05, 0.1) is 6.54 Å². The lowest BCUT2D eigenvalue weighted by Gasteiger charge is -2.37. The summed E-state index contributed by atoms with van der Waals surface area (Å²) in [5.74, 6) is -0.623. The van der Waals surface area contributed by atoms with E-state index in [1.54, 1.807) is 16.0 Å². The first-order valence-corrected chi connectivity index (χ1v) is 8.20. The Labute approximate surface area is 141 Å². The number of thiazole rings is 1. The van der Waals surface area contributed by atoms with E-state index in [2.05, 4.69) is 10.1 Å². The highest BCUT2D eigenvalue weighted by atomic mass is 35.5. The molecular weight excluding hydrogens is 346 g/mol. The minimum atomic E-state index is -0.883. The SMILES string of the molecule is O=C(O)CCCN1CCCN(Cc2cnc(Cl)s2)C1=N[N+](=O)[O-]. The molecular formula is C12H16ClN5O4S. The van der Waals surface area contributed by atoms with Gasteiger partial charge in [0.1, 0.15) is 5.10 Å². The molecule has 0 atom stereocenters. The summed E-state index contributed by atoms with van der Waals surface area (Å²) in [7, 11) is 0. The van der Waals surface area contributed by atoms with Crippen LogP contribution in [0.1, 0.15) is 24.1 Å². The molecule has 11 heteroatoms. The minimum absolute atomic E-state index is 0.0205. The second-order valence-electron chi connectivity index (χ2n) is 4.98. The zero-order valence-electron chi connectivity index (χ0n) is 12.2. The lowest BCUT2D eigenvalue weighted by atomic mass is 10.2. The normalized spacial score (nSPS) is 16.8. The average Bonchev–Trinajstić information content (AvgIpc) is 2.86. The highest BCUT2D eigenvalue weighted by Crippen LogP contribution is 2.21. The Morgan fingerprint density at radius 2 is 2.26 bits per heavy atom. The van der Waals surface area contributed by atoms with Crippen LogP contribution in [0.2, 0.25) is 4.47 Å². The Morgan fingerprint density at radius 1 is 1.52 bits per heavy atom. The summed E-state index contributed by atoms with van der Waals surface area (Å²) in [6, 6.07) is 0. The first-order chi connectivity index (χ1) is 11.0. The monoisotopic (exact) mass is 361 g/mol. The molecule has 2 heterocycles. The number of guanidine groups is 1. The van der Waals surface area contributed by atoms with Crippen LogP contribution in [0.5, 0.6) is 0 Å². The van der Waals surface area contributed by atoms with E-state index < -0.39 is 11.0 Å². The molecule has 0 bridgehead atoms. The maximum atomic E-state index is 10.8. The van der Waals surface area contributed by atoms with Crippen LogP contribution < -0.4 is 0 Å². The van der Waals surface area contributed by atoms with Gasteiger partial charge in [-0.25, -0.2) is 15.1 Å². The molecule has 1 aliphatic heterocycles. The predicted molar refractivity (Wildman–Crippen MR) is 85.0 cm³/mol. The molecule has 1 saturated heterocycles. The predicted octanol–water partition coefficient (Wildman–Crippen LogP) is 1.72. The van der Waals surface area contributed by atoms with E-state index in [9.17, 15) is 14.9 Å². The van der Waals surface area contributed by atoms with Crippen molar-refractivity contribution in [3.63, 3.8) is 0 Å². The van der Waals surface area contributed by atoms with Gasteiger partial charge in [0.2, 0.25) is 0 Å². The number of nitro groups is 1. The molecule has 1 aromatic rings. The number of hydrogen-bond donors (Lipinski definition) is 1. The van der Waals surface area contributed by atoms with Crippen LogP contribution in [0.25, 0.3) is 0 Å². The third-order valence-electron chi connectivity index (χ3n) is 3.28. The lowest BCUT2D eigenvalue weighted by Crippen LogP contribution is -2.50. The number of halogens is 1. The number of carboxylic acid groups (broad SMARTS) is 1. The van der Waals surface area contributed by atoms with Gasteiger partial charge in [-0.15, -0.1) is 11.3 Å². The number of carbonyl (C=O) groups is 1. The van der Waals surface area contributed by atoms with Crippen molar-refractivity contribution in [2.24, 2.45) is 5.10 Å². The van der Waals surface area contributed by atoms with E-state index in [0.29, 0.717) is 37.1 Å². The summed E-state index contributed by atoms with van der Waals surface area (Å²) in [4.78, 5) is 29.9. The number of rotatable bonds is 7. The number of aromatic nitrogens is 1. The smallest absolute Gasteiger partial charge is 0.303 e. The van der Waals surface area contributed by atoms with Crippen molar-refractivity contribution in [1.29, 1.82) is 0 Å². The topological polar surface area (TPSA) is 112 Å². The average molecular weight is 362 g/mol. The summed E-state index contributed by atoms with van der Waals surface area (Å²) in [6.07, 6.45) is 2.88. The van der Waals surface area contributed by atoms with Crippen LogP contribution in [-0.2, 0) is 11.3 Å². The summed E-state index contributed by atoms with van der Waals surface area (Å²) in [5, 5.41) is 22.3. The quantitative estimate of drug-likeness (QED) is 0.581. The molecule has 0 radical (unpaired) electrons. The van der Waals surface area contributed by atoms with Crippen molar-refractivity contribution in [3.8, 4) is 0 Å². The molecule has 23 heavy (non-hydrogen) atoms. The van der Waals surface area contributed by atoms with Crippen LogP contribution in [-0.4, -0.2) is 56.5 Å². The van der Waals surface area contributed by atoms with E-state index in [-0.39, 0.29) is 12.4 Å². The molecule has 0 unspecified atom stereocenters. The van der Waals surface area contributed by atoms with E-state index in [0.717, 1.165) is 11.3 Å². The fourth-order valence-corrected chi connectivity index (χ4v) is 3.37. The maximum Gasteiger partial charge on any atom is 0.303 e. The summed E-state index contributed by atoms with van der Waals surface area (Å²) in [6.45, 7) is 2.11. The molecule has 0 aliphatic carbocycles.